The van der Waals surface area contributed by atoms with Gasteiger partial charge in [0.15, 0.2) is 17.6 Å². The van der Waals surface area contributed by atoms with Crippen LogP contribution < -0.4 is 4.74 Å². The Morgan fingerprint density at radius 2 is 1.74 bits per heavy atom. The summed E-state index contributed by atoms with van der Waals surface area (Å²) in [6.07, 6.45) is -5.85. The van der Waals surface area contributed by atoms with E-state index >= 15 is 0 Å². The molecular weight excluding hydrogens is 476 g/mol. The number of aliphatic hydroxyl groups is 3. The normalized spacial score (nSPS) is 30.4. The number of sulfonamides is 1. The van der Waals surface area contributed by atoms with Crippen LogP contribution in [-0.4, -0.2) is 120 Å². The van der Waals surface area contributed by atoms with E-state index in [0.717, 1.165) is 6.26 Å². The van der Waals surface area contributed by atoms with E-state index in [0.29, 0.717) is 13.1 Å². The first-order valence-electron chi connectivity index (χ1n) is 10.6. The molecule has 3 aliphatic heterocycles. The van der Waals surface area contributed by atoms with Crippen molar-refractivity contribution in [1.82, 2.24) is 9.21 Å². The summed E-state index contributed by atoms with van der Waals surface area (Å²) < 4.78 is 41.1. The van der Waals surface area contributed by atoms with Crippen molar-refractivity contribution < 1.29 is 53.0 Å². The maximum Gasteiger partial charge on any atom is 0.339 e. The number of benzene rings is 1. The zero-order valence-electron chi connectivity index (χ0n) is 18.6. The van der Waals surface area contributed by atoms with Gasteiger partial charge in [-0.1, -0.05) is 0 Å². The van der Waals surface area contributed by atoms with Gasteiger partial charge in [-0.15, -0.1) is 0 Å². The number of aromatic hydroxyl groups is 2. The van der Waals surface area contributed by atoms with E-state index in [1.54, 1.807) is 0 Å². The van der Waals surface area contributed by atoms with Crippen LogP contribution in [0.5, 0.6) is 17.2 Å². The largest absolute Gasteiger partial charge is 0.504 e. The Hall–Kier alpha value is -2.20. The highest BCUT2D eigenvalue weighted by Gasteiger charge is 2.53. The molecular formula is C20H28N2O11S. The van der Waals surface area contributed by atoms with Crippen molar-refractivity contribution in [2.24, 2.45) is 0 Å². The Morgan fingerprint density at radius 1 is 1.09 bits per heavy atom. The molecule has 4 rings (SSSR count). The molecule has 34 heavy (non-hydrogen) atoms. The van der Waals surface area contributed by atoms with Crippen LogP contribution >= 0.6 is 0 Å². The van der Waals surface area contributed by atoms with Gasteiger partial charge in [0.25, 0.3) is 0 Å². The standard InChI is InChI=1S/C20H28N2O11S/c1-31-18-13(24)9(7-21-3-5-22(6-4-21)34(2,29)30)11-12(15(18)26)17-19(33-20(11)28)16(27)14(25)10(8-23)32-17/h10,14,16-17,19,23-27H,3-8H2,1-2H3. The number of piperazine rings is 1. The first-order chi connectivity index (χ1) is 16.0. The fourth-order valence-electron chi connectivity index (χ4n) is 4.71. The Kier molecular flexibility index (Phi) is 6.67. The number of aliphatic hydroxyl groups excluding tert-OH is 3. The maximum atomic E-state index is 13.0. The van der Waals surface area contributed by atoms with Gasteiger partial charge < -0.3 is 39.7 Å². The second-order valence-electron chi connectivity index (χ2n) is 8.56. The first-order valence-corrected chi connectivity index (χ1v) is 12.5. The molecule has 13 nitrogen and oxygen atoms in total. The number of methoxy groups -OCH3 is 1. The Labute approximate surface area is 195 Å². The molecule has 2 saturated heterocycles. The number of rotatable bonds is 5. The van der Waals surface area contributed by atoms with Gasteiger partial charge in [0, 0.05) is 43.9 Å². The summed E-state index contributed by atoms with van der Waals surface area (Å²) in [6, 6.07) is 0. The smallest absolute Gasteiger partial charge is 0.339 e. The number of hydrogen-bond acceptors (Lipinski definition) is 12. The van der Waals surface area contributed by atoms with Crippen LogP contribution in [0.2, 0.25) is 0 Å². The van der Waals surface area contributed by atoms with E-state index in [9.17, 15) is 38.7 Å². The third-order valence-electron chi connectivity index (χ3n) is 6.53. The third kappa shape index (κ3) is 4.08. The molecule has 3 aliphatic rings. The lowest BCUT2D eigenvalue weighted by Crippen LogP contribution is -2.58. The van der Waals surface area contributed by atoms with Crippen molar-refractivity contribution in [2.45, 2.75) is 37.1 Å². The Balaban J connectivity index is 1.75. The number of phenolic OH excluding ortho intramolecular Hbond substituents is 2. The lowest BCUT2D eigenvalue weighted by atomic mass is 9.84. The van der Waals surface area contributed by atoms with Crippen molar-refractivity contribution in [3.05, 3.63) is 16.7 Å². The van der Waals surface area contributed by atoms with Gasteiger partial charge in [-0.05, 0) is 0 Å². The highest BCUT2D eigenvalue weighted by atomic mass is 32.2. The predicted octanol–water partition coefficient (Wildman–Crippen LogP) is -2.12. The molecule has 3 heterocycles. The number of carbonyl (C=O) groups excluding carboxylic acids is 1. The monoisotopic (exact) mass is 504 g/mol. The van der Waals surface area contributed by atoms with Gasteiger partial charge in [0.1, 0.15) is 24.4 Å². The highest BCUT2D eigenvalue weighted by molar-refractivity contribution is 7.88. The van der Waals surface area contributed by atoms with Crippen molar-refractivity contribution in [1.29, 1.82) is 0 Å². The molecule has 0 amide bonds. The molecule has 1 aromatic rings. The van der Waals surface area contributed by atoms with Gasteiger partial charge >= 0.3 is 5.97 Å². The number of fused-ring (bicyclic) bond motifs is 3. The summed E-state index contributed by atoms with van der Waals surface area (Å²) >= 11 is 0. The Bertz CT molecular complexity index is 1070. The van der Waals surface area contributed by atoms with Crippen LogP contribution in [0.25, 0.3) is 0 Å². The van der Waals surface area contributed by atoms with Crippen molar-refractivity contribution in [2.75, 3.05) is 46.2 Å². The van der Waals surface area contributed by atoms with Crippen LogP contribution in [-0.2, 0) is 26.0 Å². The average Bonchev–Trinajstić information content (AvgIpc) is 2.79. The van der Waals surface area contributed by atoms with Crippen LogP contribution in [0.4, 0.5) is 0 Å². The van der Waals surface area contributed by atoms with Crippen molar-refractivity contribution in [3.63, 3.8) is 0 Å². The lowest BCUT2D eigenvalue weighted by molar-refractivity contribution is -0.235. The topological polar surface area (TPSA) is 187 Å². The number of carbonyl (C=O) groups is 1. The average molecular weight is 505 g/mol. The zero-order chi connectivity index (χ0) is 24.9. The molecule has 0 bridgehead atoms. The molecule has 0 spiro atoms. The number of nitrogens with zero attached hydrogens (tertiary/aromatic N) is 2. The number of ether oxygens (including phenoxy) is 3. The lowest BCUT2D eigenvalue weighted by Gasteiger charge is -2.45. The first kappa shape index (κ1) is 24.9. The minimum Gasteiger partial charge on any atom is -0.504 e. The maximum absolute atomic E-state index is 13.0. The van der Waals surface area contributed by atoms with Gasteiger partial charge in [-0.25, -0.2) is 13.2 Å². The third-order valence-corrected chi connectivity index (χ3v) is 7.83. The van der Waals surface area contributed by atoms with Crippen LogP contribution in [0, 0.1) is 0 Å². The van der Waals surface area contributed by atoms with Gasteiger partial charge in [-0.3, -0.25) is 4.90 Å². The summed E-state index contributed by atoms with van der Waals surface area (Å²) in [5.74, 6) is -2.35. The summed E-state index contributed by atoms with van der Waals surface area (Å²) in [6.45, 7) is 0.440. The molecule has 0 saturated carbocycles. The van der Waals surface area contributed by atoms with Crippen LogP contribution in [0.15, 0.2) is 0 Å². The van der Waals surface area contributed by atoms with Gasteiger partial charge in [0.05, 0.1) is 25.5 Å². The fraction of sp³-hybridized carbons (Fsp3) is 0.650. The van der Waals surface area contributed by atoms with E-state index < -0.39 is 64.6 Å². The summed E-state index contributed by atoms with van der Waals surface area (Å²) in [4.78, 5) is 14.8. The molecule has 5 N–H and O–H groups in total. The second-order valence-corrected chi connectivity index (χ2v) is 10.5. The predicted molar refractivity (Wildman–Crippen MR) is 114 cm³/mol. The molecule has 0 aromatic heterocycles. The molecule has 5 unspecified atom stereocenters. The van der Waals surface area contributed by atoms with E-state index in [4.69, 9.17) is 14.2 Å². The van der Waals surface area contributed by atoms with Crippen LogP contribution in [0.1, 0.15) is 27.6 Å². The van der Waals surface area contributed by atoms with Crippen molar-refractivity contribution in [3.8, 4) is 17.2 Å². The highest BCUT2D eigenvalue weighted by Crippen LogP contribution is 2.52. The molecule has 0 radical (unpaired) electrons. The van der Waals surface area contributed by atoms with E-state index in [2.05, 4.69) is 0 Å². The molecule has 14 heteroatoms. The molecule has 1 aromatic carbocycles. The zero-order valence-corrected chi connectivity index (χ0v) is 19.4. The molecule has 190 valence electrons. The minimum absolute atomic E-state index is 0.00347. The number of phenols is 2. The summed E-state index contributed by atoms with van der Waals surface area (Å²) in [7, 11) is -2.14. The number of hydrogen-bond donors (Lipinski definition) is 5. The van der Waals surface area contributed by atoms with Crippen LogP contribution in [0.3, 0.4) is 0 Å². The SMILES string of the molecule is COc1c(O)c(CN2CCN(S(C)(=O)=O)CC2)c2c(c1O)C1OC(CO)C(O)C(O)C1OC2=O. The molecule has 0 aliphatic carbocycles. The fourth-order valence-corrected chi connectivity index (χ4v) is 5.53. The van der Waals surface area contributed by atoms with Gasteiger partial charge in [-0.2, -0.15) is 4.31 Å². The minimum atomic E-state index is -3.35. The van der Waals surface area contributed by atoms with Gasteiger partial charge in [0.2, 0.25) is 15.8 Å². The van der Waals surface area contributed by atoms with E-state index in [-0.39, 0.29) is 42.1 Å². The molecule has 5 atom stereocenters. The quantitative estimate of drug-likeness (QED) is 0.275. The van der Waals surface area contributed by atoms with E-state index in [1.807, 2.05) is 4.90 Å². The second kappa shape index (κ2) is 9.11. The summed E-state index contributed by atoms with van der Waals surface area (Å²) in [5, 5.41) is 51.9. The van der Waals surface area contributed by atoms with Crippen molar-refractivity contribution >= 4 is 16.0 Å². The molecule has 2 fully saturated rings. The summed E-state index contributed by atoms with van der Waals surface area (Å²) in [5.41, 5.74) is -0.196. The number of esters is 1. The van der Waals surface area contributed by atoms with E-state index in [1.165, 1.54) is 11.4 Å². The Morgan fingerprint density at radius 3 is 2.29 bits per heavy atom.